The molecule has 1 aliphatic heterocycles. The summed E-state index contributed by atoms with van der Waals surface area (Å²) >= 11 is 0. The smallest absolute Gasteiger partial charge is 0.419 e. The van der Waals surface area contributed by atoms with Crippen LogP contribution in [0, 0.1) is 5.92 Å². The fourth-order valence-electron chi connectivity index (χ4n) is 3.53. The van der Waals surface area contributed by atoms with Crippen molar-refractivity contribution in [2.75, 3.05) is 29.9 Å². The third-order valence-corrected chi connectivity index (χ3v) is 5.06. The van der Waals surface area contributed by atoms with Gasteiger partial charge in [-0.1, -0.05) is 12.1 Å². The Labute approximate surface area is 184 Å². The highest BCUT2D eigenvalue weighted by atomic mass is 19.4. The molecule has 1 saturated heterocycles. The van der Waals surface area contributed by atoms with Crippen LogP contribution in [0.1, 0.15) is 30.9 Å². The van der Waals surface area contributed by atoms with Crippen LogP contribution in [0.3, 0.4) is 0 Å². The Morgan fingerprint density at radius 3 is 2.69 bits per heavy atom. The molecule has 0 spiro atoms. The number of hydrogen-bond acceptors (Lipinski definition) is 5. The van der Waals surface area contributed by atoms with Gasteiger partial charge in [0.15, 0.2) is 0 Å². The van der Waals surface area contributed by atoms with Gasteiger partial charge in [0, 0.05) is 31.0 Å². The number of hydrogen-bond donors (Lipinski definition) is 1. The lowest BCUT2D eigenvalue weighted by molar-refractivity contribution is -0.138. The highest BCUT2D eigenvalue weighted by molar-refractivity contribution is 5.93. The standard InChI is InChI=1S/C23H24F3N3O3/c1-2-32-20(30)12-9-16-7-10-18(11-8-16)28-22(31)17-5-4-14-29(15-17)21-19(23(24,25)26)6-3-13-27-21/h3,6-13,17H,2,4-5,14-15H2,1H3,(H,28,31). The second kappa shape index (κ2) is 10.3. The number of carbonyl (C=O) groups is 2. The lowest BCUT2D eigenvalue weighted by atomic mass is 9.96. The van der Waals surface area contributed by atoms with Crippen LogP contribution in [0.15, 0.2) is 48.7 Å². The van der Waals surface area contributed by atoms with E-state index in [0.717, 1.165) is 11.6 Å². The summed E-state index contributed by atoms with van der Waals surface area (Å²) in [6, 6.07) is 9.13. The molecule has 170 valence electrons. The van der Waals surface area contributed by atoms with Crippen LogP contribution < -0.4 is 10.2 Å². The summed E-state index contributed by atoms with van der Waals surface area (Å²) in [5, 5.41) is 2.82. The Hall–Kier alpha value is -3.36. The Kier molecular flexibility index (Phi) is 7.50. The molecule has 1 aromatic carbocycles. The molecule has 1 aliphatic rings. The summed E-state index contributed by atoms with van der Waals surface area (Å²) in [5.74, 6) is -1.30. The molecule has 0 radical (unpaired) electrons. The Balaban J connectivity index is 1.63. The largest absolute Gasteiger partial charge is 0.463 e. The number of alkyl halides is 3. The average molecular weight is 447 g/mol. The molecule has 1 unspecified atom stereocenters. The number of anilines is 2. The molecule has 9 heteroatoms. The van der Waals surface area contributed by atoms with E-state index < -0.39 is 23.6 Å². The predicted molar refractivity (Wildman–Crippen MR) is 115 cm³/mol. The van der Waals surface area contributed by atoms with Crippen molar-refractivity contribution in [3.05, 3.63) is 59.8 Å². The predicted octanol–water partition coefficient (Wildman–Crippen LogP) is 4.53. The minimum atomic E-state index is -4.51. The van der Waals surface area contributed by atoms with Crippen LogP contribution in [0.5, 0.6) is 0 Å². The van der Waals surface area contributed by atoms with E-state index in [-0.39, 0.29) is 18.3 Å². The van der Waals surface area contributed by atoms with Crippen LogP contribution in [0.25, 0.3) is 6.08 Å². The van der Waals surface area contributed by atoms with Gasteiger partial charge in [-0.05, 0) is 55.7 Å². The van der Waals surface area contributed by atoms with Gasteiger partial charge in [-0.2, -0.15) is 13.2 Å². The van der Waals surface area contributed by atoms with Gasteiger partial charge < -0.3 is 15.0 Å². The number of aromatic nitrogens is 1. The molecule has 0 saturated carbocycles. The monoisotopic (exact) mass is 447 g/mol. The van der Waals surface area contributed by atoms with Gasteiger partial charge in [-0.15, -0.1) is 0 Å². The first-order chi connectivity index (χ1) is 15.3. The number of ether oxygens (including phenoxy) is 1. The molecule has 2 aromatic rings. The van der Waals surface area contributed by atoms with Gasteiger partial charge in [-0.3, -0.25) is 4.79 Å². The average Bonchev–Trinajstić information content (AvgIpc) is 2.78. The van der Waals surface area contributed by atoms with E-state index in [2.05, 4.69) is 10.3 Å². The lowest BCUT2D eigenvalue weighted by Crippen LogP contribution is -2.42. The highest BCUT2D eigenvalue weighted by Gasteiger charge is 2.37. The molecular formula is C23H24F3N3O3. The zero-order valence-corrected chi connectivity index (χ0v) is 17.6. The topological polar surface area (TPSA) is 71.5 Å². The summed E-state index contributed by atoms with van der Waals surface area (Å²) in [6.07, 6.45) is 0.906. The van der Waals surface area contributed by atoms with Gasteiger partial charge in [0.25, 0.3) is 0 Å². The maximum atomic E-state index is 13.3. The van der Waals surface area contributed by atoms with Crippen LogP contribution in [0.4, 0.5) is 24.7 Å². The number of halogens is 3. The molecule has 0 aliphatic carbocycles. The summed E-state index contributed by atoms with van der Waals surface area (Å²) in [6.45, 7) is 2.59. The molecular weight excluding hydrogens is 423 g/mol. The van der Waals surface area contributed by atoms with Gasteiger partial charge >= 0.3 is 12.1 Å². The maximum absolute atomic E-state index is 13.3. The fourth-order valence-corrected chi connectivity index (χ4v) is 3.53. The quantitative estimate of drug-likeness (QED) is 0.520. The lowest BCUT2D eigenvalue weighted by Gasteiger charge is -2.34. The van der Waals surface area contributed by atoms with Crippen molar-refractivity contribution >= 4 is 29.5 Å². The molecule has 1 N–H and O–H groups in total. The van der Waals surface area contributed by atoms with Crippen LogP contribution >= 0.6 is 0 Å². The van der Waals surface area contributed by atoms with E-state index in [9.17, 15) is 22.8 Å². The molecule has 0 bridgehead atoms. The van der Waals surface area contributed by atoms with Gasteiger partial charge in [0.05, 0.1) is 18.1 Å². The summed E-state index contributed by atoms with van der Waals surface area (Å²) in [5.41, 5.74) is 0.525. The SMILES string of the molecule is CCOC(=O)C=Cc1ccc(NC(=O)C2CCCN(c3ncccc3C(F)(F)F)C2)cc1. The van der Waals surface area contributed by atoms with E-state index in [4.69, 9.17) is 4.74 Å². The zero-order chi connectivity index (χ0) is 23.1. The first kappa shape index (κ1) is 23.3. The third-order valence-electron chi connectivity index (χ3n) is 5.06. The van der Waals surface area contributed by atoms with Crippen molar-refractivity contribution in [1.29, 1.82) is 0 Å². The Morgan fingerprint density at radius 2 is 2.00 bits per heavy atom. The van der Waals surface area contributed by atoms with Crippen molar-refractivity contribution in [3.8, 4) is 0 Å². The molecule has 3 rings (SSSR count). The second-order valence-electron chi connectivity index (χ2n) is 7.35. The normalized spacial score (nSPS) is 16.8. The number of piperidine rings is 1. The summed E-state index contributed by atoms with van der Waals surface area (Å²) in [7, 11) is 0. The Morgan fingerprint density at radius 1 is 1.25 bits per heavy atom. The minimum Gasteiger partial charge on any atom is -0.463 e. The number of rotatable bonds is 6. The van der Waals surface area contributed by atoms with Crippen LogP contribution in [0.2, 0.25) is 0 Å². The molecule has 1 atom stereocenters. The molecule has 32 heavy (non-hydrogen) atoms. The summed E-state index contributed by atoms with van der Waals surface area (Å²) in [4.78, 5) is 29.6. The molecule has 1 fully saturated rings. The molecule has 6 nitrogen and oxygen atoms in total. The molecule has 2 heterocycles. The number of benzene rings is 1. The zero-order valence-electron chi connectivity index (χ0n) is 17.6. The second-order valence-corrected chi connectivity index (χ2v) is 7.35. The maximum Gasteiger partial charge on any atom is 0.419 e. The van der Waals surface area contributed by atoms with Crippen molar-refractivity contribution in [2.45, 2.75) is 25.9 Å². The molecule has 1 amide bonds. The Bertz CT molecular complexity index is 974. The number of carbonyl (C=O) groups excluding carboxylic acids is 2. The van der Waals surface area contributed by atoms with Gasteiger partial charge in [0.1, 0.15) is 5.82 Å². The fraction of sp³-hybridized carbons (Fsp3) is 0.348. The van der Waals surface area contributed by atoms with Crippen LogP contribution in [-0.2, 0) is 20.5 Å². The number of nitrogens with zero attached hydrogens (tertiary/aromatic N) is 2. The number of amides is 1. The molecule has 1 aromatic heterocycles. The number of esters is 1. The van der Waals surface area contributed by atoms with E-state index in [1.807, 2.05) is 0 Å². The minimum absolute atomic E-state index is 0.143. The third kappa shape index (κ3) is 6.09. The van der Waals surface area contributed by atoms with E-state index >= 15 is 0 Å². The first-order valence-electron chi connectivity index (χ1n) is 10.3. The van der Waals surface area contributed by atoms with Gasteiger partial charge in [0.2, 0.25) is 5.91 Å². The van der Waals surface area contributed by atoms with E-state index in [0.29, 0.717) is 31.7 Å². The van der Waals surface area contributed by atoms with E-state index in [1.165, 1.54) is 23.2 Å². The van der Waals surface area contributed by atoms with Crippen molar-refractivity contribution in [2.24, 2.45) is 5.92 Å². The highest BCUT2D eigenvalue weighted by Crippen LogP contribution is 2.36. The van der Waals surface area contributed by atoms with E-state index in [1.54, 1.807) is 37.3 Å². The summed E-state index contributed by atoms with van der Waals surface area (Å²) < 4.78 is 44.8. The number of pyridine rings is 1. The van der Waals surface area contributed by atoms with Crippen LogP contribution in [-0.4, -0.2) is 36.6 Å². The van der Waals surface area contributed by atoms with Crippen molar-refractivity contribution in [1.82, 2.24) is 4.98 Å². The van der Waals surface area contributed by atoms with Crippen molar-refractivity contribution < 1.29 is 27.5 Å². The first-order valence-corrected chi connectivity index (χ1v) is 10.3. The van der Waals surface area contributed by atoms with Gasteiger partial charge in [-0.25, -0.2) is 9.78 Å². The number of nitrogens with one attached hydrogen (secondary N) is 1. The van der Waals surface area contributed by atoms with Crippen molar-refractivity contribution in [3.63, 3.8) is 0 Å².